The van der Waals surface area contributed by atoms with E-state index in [-0.39, 0.29) is 48.3 Å². The van der Waals surface area contributed by atoms with E-state index < -0.39 is 0 Å². The number of carbonyl (C=O) groups is 2. The van der Waals surface area contributed by atoms with Crippen molar-refractivity contribution < 1.29 is 19.1 Å². The van der Waals surface area contributed by atoms with Gasteiger partial charge in [0.15, 0.2) is 0 Å². The molecule has 0 aromatic heterocycles. The van der Waals surface area contributed by atoms with Crippen molar-refractivity contribution in [2.75, 3.05) is 39.2 Å². The van der Waals surface area contributed by atoms with Gasteiger partial charge >= 0.3 is 0 Å². The van der Waals surface area contributed by atoms with Gasteiger partial charge in [0.05, 0.1) is 29.7 Å². The van der Waals surface area contributed by atoms with Crippen LogP contribution in [0.2, 0.25) is 5.02 Å². The lowest BCUT2D eigenvalue weighted by Gasteiger charge is -2.13. The fourth-order valence-electron chi connectivity index (χ4n) is 1.82. The predicted octanol–water partition coefficient (Wildman–Crippen LogP) is 1.44. The lowest BCUT2D eigenvalue weighted by atomic mass is 10.1. The first kappa shape index (κ1) is 22.6. The minimum atomic E-state index is -0.337. The van der Waals surface area contributed by atoms with Crippen LogP contribution < -0.4 is 16.4 Å². The number of nitrogens with two attached hydrogens (primary N) is 1. The molecule has 1 aromatic carbocycles. The van der Waals surface area contributed by atoms with E-state index in [0.29, 0.717) is 24.4 Å². The first-order valence-electron chi connectivity index (χ1n) is 7.11. The Kier molecular flexibility index (Phi) is 11.4. The Morgan fingerprint density at radius 2 is 2.04 bits per heavy atom. The largest absolute Gasteiger partial charge is 0.383 e. The Balaban J connectivity index is 0.00000529. The van der Waals surface area contributed by atoms with E-state index >= 15 is 0 Å². The topological polar surface area (TPSA) is 103 Å². The van der Waals surface area contributed by atoms with Gasteiger partial charge in [-0.15, -0.1) is 12.4 Å². The van der Waals surface area contributed by atoms with Gasteiger partial charge in [0.2, 0.25) is 5.91 Å². The second-order valence-electron chi connectivity index (χ2n) is 4.79. The van der Waals surface area contributed by atoms with Crippen LogP contribution in [0.4, 0.5) is 5.69 Å². The zero-order chi connectivity index (χ0) is 17.2. The van der Waals surface area contributed by atoms with Gasteiger partial charge in [-0.1, -0.05) is 11.6 Å². The Labute approximate surface area is 152 Å². The molecule has 0 heterocycles. The lowest BCUT2D eigenvalue weighted by molar-refractivity contribution is -0.118. The number of amides is 2. The number of hydrogen-bond acceptors (Lipinski definition) is 5. The van der Waals surface area contributed by atoms with Gasteiger partial charge in [-0.3, -0.25) is 9.59 Å². The van der Waals surface area contributed by atoms with Gasteiger partial charge in [-0.05, 0) is 18.2 Å². The summed E-state index contributed by atoms with van der Waals surface area (Å²) in [6.45, 7) is 1.06. The molecule has 4 N–H and O–H groups in total. The Morgan fingerprint density at radius 1 is 1.33 bits per heavy atom. The van der Waals surface area contributed by atoms with Gasteiger partial charge in [-0.2, -0.15) is 0 Å². The molecule has 0 aliphatic rings. The maximum absolute atomic E-state index is 11.9. The SMILES string of the molecule is COCCNC(=O)c1ccc(NC(=O)CC(CN)OC)cc1Cl.Cl. The molecule has 1 atom stereocenters. The average Bonchev–Trinajstić information content (AvgIpc) is 2.52. The quantitative estimate of drug-likeness (QED) is 0.563. The van der Waals surface area contributed by atoms with Crippen LogP contribution in [-0.2, 0) is 14.3 Å². The molecule has 0 fully saturated rings. The molecule has 9 heteroatoms. The van der Waals surface area contributed by atoms with Crippen LogP contribution in [-0.4, -0.2) is 51.8 Å². The van der Waals surface area contributed by atoms with Crippen molar-refractivity contribution in [2.45, 2.75) is 12.5 Å². The van der Waals surface area contributed by atoms with Crippen LogP contribution in [0.15, 0.2) is 18.2 Å². The van der Waals surface area contributed by atoms with E-state index in [1.165, 1.54) is 13.2 Å². The Bertz CT molecular complexity index is 539. The van der Waals surface area contributed by atoms with Crippen LogP contribution in [0.25, 0.3) is 0 Å². The molecule has 1 unspecified atom stereocenters. The number of ether oxygens (including phenoxy) is 2. The minimum Gasteiger partial charge on any atom is -0.383 e. The average molecular weight is 380 g/mol. The molecule has 136 valence electrons. The number of nitrogens with one attached hydrogen (secondary N) is 2. The number of benzene rings is 1. The molecule has 0 bridgehead atoms. The van der Waals surface area contributed by atoms with Crippen LogP contribution in [0.1, 0.15) is 16.8 Å². The summed E-state index contributed by atoms with van der Waals surface area (Å²) in [5.41, 5.74) is 6.30. The number of anilines is 1. The molecule has 1 aromatic rings. The minimum absolute atomic E-state index is 0. The van der Waals surface area contributed by atoms with Gasteiger partial charge in [0.1, 0.15) is 0 Å². The molecule has 0 spiro atoms. The second-order valence-corrected chi connectivity index (χ2v) is 5.20. The first-order valence-corrected chi connectivity index (χ1v) is 7.49. The Hall–Kier alpha value is -1.38. The molecule has 2 amide bonds. The highest BCUT2D eigenvalue weighted by molar-refractivity contribution is 6.34. The van der Waals surface area contributed by atoms with Crippen molar-refractivity contribution in [2.24, 2.45) is 5.73 Å². The molecule has 24 heavy (non-hydrogen) atoms. The second kappa shape index (κ2) is 12.0. The van der Waals surface area contributed by atoms with E-state index in [2.05, 4.69) is 10.6 Å². The first-order chi connectivity index (χ1) is 11.0. The molecule has 0 saturated carbocycles. The van der Waals surface area contributed by atoms with E-state index in [0.717, 1.165) is 0 Å². The number of halogens is 2. The van der Waals surface area contributed by atoms with E-state index in [1.54, 1.807) is 19.2 Å². The van der Waals surface area contributed by atoms with Crippen molar-refractivity contribution >= 4 is 41.5 Å². The highest BCUT2D eigenvalue weighted by Gasteiger charge is 2.14. The van der Waals surface area contributed by atoms with Crippen LogP contribution >= 0.6 is 24.0 Å². The number of rotatable bonds is 9. The molecular weight excluding hydrogens is 357 g/mol. The zero-order valence-electron chi connectivity index (χ0n) is 13.6. The van der Waals surface area contributed by atoms with Crippen molar-refractivity contribution in [3.8, 4) is 0 Å². The lowest BCUT2D eigenvalue weighted by Crippen LogP contribution is -2.28. The molecule has 1 rings (SSSR count). The van der Waals surface area contributed by atoms with Gasteiger partial charge < -0.3 is 25.8 Å². The monoisotopic (exact) mass is 379 g/mol. The van der Waals surface area contributed by atoms with E-state index in [9.17, 15) is 9.59 Å². The molecule has 0 aliphatic carbocycles. The van der Waals surface area contributed by atoms with Crippen molar-refractivity contribution in [3.05, 3.63) is 28.8 Å². The smallest absolute Gasteiger partial charge is 0.252 e. The third-order valence-corrected chi connectivity index (χ3v) is 3.41. The molecule has 0 saturated heterocycles. The summed E-state index contributed by atoms with van der Waals surface area (Å²) in [5, 5.41) is 5.62. The third-order valence-electron chi connectivity index (χ3n) is 3.10. The maximum Gasteiger partial charge on any atom is 0.252 e. The summed E-state index contributed by atoms with van der Waals surface area (Å²) in [4.78, 5) is 23.8. The fourth-order valence-corrected chi connectivity index (χ4v) is 2.09. The van der Waals surface area contributed by atoms with E-state index in [1.807, 2.05) is 0 Å². The predicted molar refractivity (Wildman–Crippen MR) is 96.0 cm³/mol. The standard InChI is InChI=1S/C15H22ClN3O4.ClH/c1-22-6-5-18-15(21)12-4-3-10(7-13(12)16)19-14(20)8-11(9-17)23-2;/h3-4,7,11H,5-6,8-9,17H2,1-2H3,(H,18,21)(H,19,20);1H. The van der Waals surface area contributed by atoms with Gasteiger partial charge in [0, 0.05) is 33.0 Å². The van der Waals surface area contributed by atoms with Crippen LogP contribution in [0, 0.1) is 0 Å². The summed E-state index contributed by atoms with van der Waals surface area (Å²) < 4.78 is 9.91. The normalized spacial score (nSPS) is 11.3. The zero-order valence-corrected chi connectivity index (χ0v) is 15.2. The Morgan fingerprint density at radius 3 is 2.58 bits per heavy atom. The van der Waals surface area contributed by atoms with Crippen molar-refractivity contribution in [1.82, 2.24) is 5.32 Å². The highest BCUT2D eigenvalue weighted by atomic mass is 35.5. The van der Waals surface area contributed by atoms with Gasteiger partial charge in [0.25, 0.3) is 5.91 Å². The summed E-state index contributed by atoms with van der Waals surface area (Å²) in [6, 6.07) is 4.69. The molecular formula is C15H23Cl2N3O4. The fraction of sp³-hybridized carbons (Fsp3) is 0.467. The van der Waals surface area contributed by atoms with Crippen LogP contribution in [0.3, 0.4) is 0 Å². The summed E-state index contributed by atoms with van der Waals surface area (Å²) >= 11 is 6.09. The van der Waals surface area contributed by atoms with Gasteiger partial charge in [-0.25, -0.2) is 0 Å². The maximum atomic E-state index is 11.9. The molecule has 0 radical (unpaired) electrons. The van der Waals surface area contributed by atoms with Crippen LogP contribution in [0.5, 0.6) is 0 Å². The summed E-state index contributed by atoms with van der Waals surface area (Å²) in [7, 11) is 3.05. The highest BCUT2D eigenvalue weighted by Crippen LogP contribution is 2.21. The molecule has 7 nitrogen and oxygen atoms in total. The third kappa shape index (κ3) is 7.46. The van der Waals surface area contributed by atoms with Crippen molar-refractivity contribution in [3.63, 3.8) is 0 Å². The summed E-state index contributed by atoms with van der Waals surface area (Å²) in [5.74, 6) is -0.539. The summed E-state index contributed by atoms with van der Waals surface area (Å²) in [6.07, 6.45) is -0.194. The van der Waals surface area contributed by atoms with Crippen molar-refractivity contribution in [1.29, 1.82) is 0 Å². The number of hydrogen-bond donors (Lipinski definition) is 3. The van der Waals surface area contributed by atoms with E-state index in [4.69, 9.17) is 26.8 Å². The molecule has 0 aliphatic heterocycles. The number of methoxy groups -OCH3 is 2. The number of carbonyl (C=O) groups excluding carboxylic acids is 2.